The zero-order chi connectivity index (χ0) is 11.5. The van der Waals surface area contributed by atoms with Gasteiger partial charge in [0.1, 0.15) is 0 Å². The topological polar surface area (TPSA) is 68.8 Å². The molecule has 2 aromatic rings. The van der Waals surface area contributed by atoms with Crippen LogP contribution in [0.4, 0.5) is 0 Å². The SMILES string of the molecule is Cc1ncccc1C(NN)c1ccn(C)n1. The van der Waals surface area contributed by atoms with Gasteiger partial charge in [0, 0.05) is 25.1 Å². The van der Waals surface area contributed by atoms with Crippen LogP contribution >= 0.6 is 0 Å². The molecule has 0 aromatic carbocycles. The fourth-order valence-electron chi connectivity index (χ4n) is 1.72. The van der Waals surface area contributed by atoms with Gasteiger partial charge in [0.15, 0.2) is 0 Å². The van der Waals surface area contributed by atoms with E-state index in [1.165, 1.54) is 0 Å². The molecule has 2 aromatic heterocycles. The highest BCUT2D eigenvalue weighted by Crippen LogP contribution is 2.21. The maximum absolute atomic E-state index is 5.59. The molecule has 3 N–H and O–H groups in total. The Morgan fingerprint density at radius 2 is 2.25 bits per heavy atom. The minimum Gasteiger partial charge on any atom is -0.275 e. The van der Waals surface area contributed by atoms with Crippen LogP contribution in [-0.4, -0.2) is 14.8 Å². The van der Waals surface area contributed by atoms with Crippen LogP contribution in [0.5, 0.6) is 0 Å². The van der Waals surface area contributed by atoms with Gasteiger partial charge in [0.25, 0.3) is 0 Å². The Bertz CT molecular complexity index is 477. The molecule has 1 atom stereocenters. The van der Waals surface area contributed by atoms with Crippen molar-refractivity contribution in [2.45, 2.75) is 13.0 Å². The number of nitrogens with one attached hydrogen (secondary N) is 1. The van der Waals surface area contributed by atoms with Gasteiger partial charge in [-0.25, -0.2) is 5.43 Å². The average Bonchev–Trinajstić information content (AvgIpc) is 2.69. The van der Waals surface area contributed by atoms with E-state index in [1.807, 2.05) is 38.4 Å². The van der Waals surface area contributed by atoms with Gasteiger partial charge in [-0.1, -0.05) is 6.07 Å². The normalized spacial score (nSPS) is 12.7. The number of aromatic nitrogens is 3. The highest BCUT2D eigenvalue weighted by atomic mass is 15.3. The van der Waals surface area contributed by atoms with Crippen molar-refractivity contribution >= 4 is 0 Å². The molecule has 0 fully saturated rings. The lowest BCUT2D eigenvalue weighted by atomic mass is 10.0. The molecule has 2 heterocycles. The highest BCUT2D eigenvalue weighted by Gasteiger charge is 2.17. The second-order valence-corrected chi connectivity index (χ2v) is 3.69. The summed E-state index contributed by atoms with van der Waals surface area (Å²) in [6.07, 6.45) is 3.66. The first-order valence-corrected chi connectivity index (χ1v) is 5.09. The molecule has 5 heteroatoms. The van der Waals surface area contributed by atoms with Crippen molar-refractivity contribution in [2.24, 2.45) is 12.9 Å². The number of hydrogen-bond acceptors (Lipinski definition) is 4. The molecule has 0 aliphatic rings. The van der Waals surface area contributed by atoms with Crippen LogP contribution in [0.15, 0.2) is 30.6 Å². The summed E-state index contributed by atoms with van der Waals surface area (Å²) in [4.78, 5) is 4.25. The molecule has 16 heavy (non-hydrogen) atoms. The lowest BCUT2D eigenvalue weighted by Gasteiger charge is -2.15. The number of hydrazine groups is 1. The standard InChI is InChI=1S/C11H15N5/c1-8-9(4-3-6-13-8)11(14-12)10-5-7-16(2)15-10/h3-7,11,14H,12H2,1-2H3. The molecular weight excluding hydrogens is 202 g/mol. The monoisotopic (exact) mass is 217 g/mol. The fourth-order valence-corrected chi connectivity index (χ4v) is 1.72. The van der Waals surface area contributed by atoms with Crippen LogP contribution < -0.4 is 11.3 Å². The maximum atomic E-state index is 5.59. The Hall–Kier alpha value is -1.72. The van der Waals surface area contributed by atoms with E-state index >= 15 is 0 Å². The molecule has 5 nitrogen and oxygen atoms in total. The largest absolute Gasteiger partial charge is 0.275 e. The number of pyridine rings is 1. The summed E-state index contributed by atoms with van der Waals surface area (Å²) in [5.41, 5.74) is 5.66. The number of hydrogen-bond donors (Lipinski definition) is 2. The Balaban J connectivity index is 2.40. The van der Waals surface area contributed by atoms with Gasteiger partial charge in [-0.15, -0.1) is 0 Å². The lowest BCUT2D eigenvalue weighted by molar-refractivity contribution is 0.598. The molecular formula is C11H15N5. The summed E-state index contributed by atoms with van der Waals surface area (Å²) in [5.74, 6) is 5.59. The second-order valence-electron chi connectivity index (χ2n) is 3.69. The van der Waals surface area contributed by atoms with E-state index in [0.717, 1.165) is 17.0 Å². The van der Waals surface area contributed by atoms with Gasteiger partial charge < -0.3 is 0 Å². The van der Waals surface area contributed by atoms with Crippen molar-refractivity contribution in [3.63, 3.8) is 0 Å². The maximum Gasteiger partial charge on any atom is 0.0917 e. The lowest BCUT2D eigenvalue weighted by Crippen LogP contribution is -2.30. The molecule has 84 valence electrons. The quantitative estimate of drug-likeness (QED) is 0.586. The molecule has 0 saturated heterocycles. The van der Waals surface area contributed by atoms with Crippen LogP contribution in [-0.2, 0) is 7.05 Å². The Morgan fingerprint density at radius 1 is 1.44 bits per heavy atom. The van der Waals surface area contributed by atoms with E-state index in [1.54, 1.807) is 10.9 Å². The third-order valence-electron chi connectivity index (χ3n) is 2.56. The number of nitrogens with zero attached hydrogens (tertiary/aromatic N) is 3. The first-order valence-electron chi connectivity index (χ1n) is 5.09. The zero-order valence-corrected chi connectivity index (χ0v) is 9.38. The number of rotatable bonds is 3. The highest BCUT2D eigenvalue weighted by molar-refractivity contribution is 5.29. The predicted octanol–water partition coefficient (Wildman–Crippen LogP) is 0.676. The van der Waals surface area contributed by atoms with Gasteiger partial charge in [-0.2, -0.15) is 5.10 Å². The van der Waals surface area contributed by atoms with E-state index < -0.39 is 0 Å². The van der Waals surface area contributed by atoms with Gasteiger partial charge >= 0.3 is 0 Å². The third-order valence-corrected chi connectivity index (χ3v) is 2.56. The van der Waals surface area contributed by atoms with Crippen molar-refractivity contribution in [2.75, 3.05) is 0 Å². The second kappa shape index (κ2) is 4.42. The van der Waals surface area contributed by atoms with E-state index in [-0.39, 0.29) is 6.04 Å². The molecule has 2 rings (SSSR count). The Kier molecular flexibility index (Phi) is 2.98. The summed E-state index contributed by atoms with van der Waals surface area (Å²) in [5, 5.41) is 4.35. The number of aryl methyl sites for hydroxylation is 2. The van der Waals surface area contributed by atoms with Gasteiger partial charge in [0.05, 0.1) is 11.7 Å². The Labute approximate surface area is 94.3 Å². The molecule has 0 saturated carbocycles. The smallest absolute Gasteiger partial charge is 0.0917 e. The van der Waals surface area contributed by atoms with E-state index in [9.17, 15) is 0 Å². The van der Waals surface area contributed by atoms with Crippen molar-refractivity contribution in [3.8, 4) is 0 Å². The predicted molar refractivity (Wildman–Crippen MR) is 61.3 cm³/mol. The van der Waals surface area contributed by atoms with Crippen molar-refractivity contribution in [1.82, 2.24) is 20.2 Å². The summed E-state index contributed by atoms with van der Waals surface area (Å²) in [7, 11) is 1.88. The summed E-state index contributed by atoms with van der Waals surface area (Å²) in [6.45, 7) is 1.96. The summed E-state index contributed by atoms with van der Waals surface area (Å²) < 4.78 is 1.76. The number of nitrogens with two attached hydrogens (primary N) is 1. The van der Waals surface area contributed by atoms with Crippen LogP contribution in [0.1, 0.15) is 23.0 Å². The van der Waals surface area contributed by atoms with Crippen molar-refractivity contribution < 1.29 is 0 Å². The van der Waals surface area contributed by atoms with Gasteiger partial charge in [0.2, 0.25) is 0 Å². The molecule has 0 amide bonds. The molecule has 0 aliphatic heterocycles. The molecule has 0 bridgehead atoms. The van der Waals surface area contributed by atoms with E-state index in [0.29, 0.717) is 0 Å². The van der Waals surface area contributed by atoms with Gasteiger partial charge in [-0.05, 0) is 24.6 Å². The van der Waals surface area contributed by atoms with Crippen LogP contribution in [0.3, 0.4) is 0 Å². The van der Waals surface area contributed by atoms with Crippen molar-refractivity contribution in [3.05, 3.63) is 47.5 Å². The first-order chi connectivity index (χ1) is 7.72. The van der Waals surface area contributed by atoms with E-state index in [4.69, 9.17) is 5.84 Å². The minimum atomic E-state index is -0.116. The zero-order valence-electron chi connectivity index (χ0n) is 9.38. The molecule has 0 spiro atoms. The third kappa shape index (κ3) is 1.95. The van der Waals surface area contributed by atoms with Gasteiger partial charge in [-0.3, -0.25) is 15.5 Å². The van der Waals surface area contributed by atoms with E-state index in [2.05, 4.69) is 15.5 Å². The average molecular weight is 217 g/mol. The summed E-state index contributed by atoms with van der Waals surface area (Å²) in [6, 6.07) is 5.73. The fraction of sp³-hybridized carbons (Fsp3) is 0.273. The molecule has 0 aliphatic carbocycles. The molecule has 1 unspecified atom stereocenters. The first kappa shape index (κ1) is 10.8. The van der Waals surface area contributed by atoms with Crippen LogP contribution in [0.2, 0.25) is 0 Å². The van der Waals surface area contributed by atoms with Crippen molar-refractivity contribution in [1.29, 1.82) is 0 Å². The Morgan fingerprint density at radius 3 is 2.81 bits per heavy atom. The van der Waals surface area contributed by atoms with Crippen LogP contribution in [0.25, 0.3) is 0 Å². The minimum absolute atomic E-state index is 0.116. The van der Waals surface area contributed by atoms with Crippen LogP contribution in [0, 0.1) is 6.92 Å². The summed E-state index contributed by atoms with van der Waals surface area (Å²) >= 11 is 0. The molecule has 0 radical (unpaired) electrons.